The number of nitrogens with zero attached hydrogens (tertiary/aromatic N) is 1. The summed E-state index contributed by atoms with van der Waals surface area (Å²) in [6.07, 6.45) is 9.46. The number of hydrogen-bond acceptors (Lipinski definition) is 1. The first kappa shape index (κ1) is 12.4. The lowest BCUT2D eigenvalue weighted by molar-refractivity contribution is -0.946. The number of hydrogen-bond donors (Lipinski definition) is 1. The molecular weight excluding hydrogens is 198 g/mol. The lowest BCUT2D eigenvalue weighted by Gasteiger charge is -2.51. The zero-order valence-electron chi connectivity index (χ0n) is 10.8. The maximum absolute atomic E-state index is 9.99. The smallest absolute Gasteiger partial charge is 0.106 e. The quantitative estimate of drug-likeness (QED) is 0.545. The molecule has 2 bridgehead atoms. The van der Waals surface area contributed by atoms with E-state index in [-0.39, 0.29) is 6.10 Å². The molecule has 2 heteroatoms. The van der Waals surface area contributed by atoms with Crippen molar-refractivity contribution in [2.75, 3.05) is 26.2 Å². The molecule has 3 aliphatic heterocycles. The Morgan fingerprint density at radius 1 is 1.06 bits per heavy atom. The third-order valence-electron chi connectivity index (χ3n) is 4.80. The topological polar surface area (TPSA) is 20.2 Å². The molecule has 1 atom stereocenters. The molecule has 3 saturated heterocycles. The molecule has 0 saturated carbocycles. The van der Waals surface area contributed by atoms with Gasteiger partial charge in [-0.2, -0.15) is 0 Å². The average Bonchev–Trinajstić information content (AvgIpc) is 2.30. The highest BCUT2D eigenvalue weighted by molar-refractivity contribution is 4.79. The first-order valence-electron chi connectivity index (χ1n) is 7.29. The van der Waals surface area contributed by atoms with Gasteiger partial charge in [0.05, 0.1) is 19.6 Å². The Labute approximate surface area is 100 Å². The predicted octanol–water partition coefficient (Wildman–Crippen LogP) is 2.56. The molecule has 1 N–H and O–H groups in total. The van der Waals surface area contributed by atoms with Crippen LogP contribution in [0.25, 0.3) is 0 Å². The van der Waals surface area contributed by atoms with Gasteiger partial charge in [-0.05, 0) is 12.8 Å². The number of quaternary nitrogens is 1. The Hall–Kier alpha value is -0.0800. The van der Waals surface area contributed by atoms with Gasteiger partial charge in [0.1, 0.15) is 12.6 Å². The van der Waals surface area contributed by atoms with Gasteiger partial charge in [-0.1, -0.05) is 26.2 Å². The van der Waals surface area contributed by atoms with Gasteiger partial charge in [0.25, 0.3) is 0 Å². The Bertz CT molecular complexity index is 209. The van der Waals surface area contributed by atoms with Crippen LogP contribution in [0.2, 0.25) is 0 Å². The zero-order valence-corrected chi connectivity index (χ0v) is 10.8. The van der Waals surface area contributed by atoms with E-state index in [1.165, 1.54) is 69.1 Å². The third-order valence-corrected chi connectivity index (χ3v) is 4.80. The monoisotopic (exact) mass is 226 g/mol. The molecule has 0 aromatic rings. The standard InChI is InChI=1S/C14H28NO/c1-2-3-4-5-6-9-15-10-7-13(8-11-15)14(16)12-15/h13-14,16H,2-12H2,1H3/q+1/t13?,14-,15?/m0/s1. The highest BCUT2D eigenvalue weighted by Gasteiger charge is 2.44. The fourth-order valence-electron chi connectivity index (χ4n) is 3.61. The summed E-state index contributed by atoms with van der Waals surface area (Å²) in [7, 11) is 0. The van der Waals surface area contributed by atoms with E-state index in [1.807, 2.05) is 0 Å². The molecular formula is C14H28NO+. The van der Waals surface area contributed by atoms with Crippen LogP contribution in [-0.2, 0) is 0 Å². The van der Waals surface area contributed by atoms with Crippen LogP contribution in [0.4, 0.5) is 0 Å². The minimum Gasteiger partial charge on any atom is -0.387 e. The number of aliphatic hydroxyl groups is 1. The van der Waals surface area contributed by atoms with Crippen molar-refractivity contribution in [1.82, 2.24) is 0 Å². The van der Waals surface area contributed by atoms with Crippen LogP contribution in [0.15, 0.2) is 0 Å². The van der Waals surface area contributed by atoms with E-state index in [2.05, 4.69) is 6.92 Å². The Morgan fingerprint density at radius 3 is 2.38 bits per heavy atom. The molecule has 3 fully saturated rings. The van der Waals surface area contributed by atoms with Gasteiger partial charge in [0, 0.05) is 18.8 Å². The Kier molecular flexibility index (Phi) is 4.26. The van der Waals surface area contributed by atoms with E-state index in [9.17, 15) is 5.11 Å². The van der Waals surface area contributed by atoms with Crippen LogP contribution in [0.1, 0.15) is 51.9 Å². The first-order valence-corrected chi connectivity index (χ1v) is 7.29. The second-order valence-electron chi connectivity index (χ2n) is 6.01. The van der Waals surface area contributed by atoms with Crippen LogP contribution >= 0.6 is 0 Å². The normalized spacial score (nSPS) is 37.9. The van der Waals surface area contributed by atoms with Crippen molar-refractivity contribution < 1.29 is 9.59 Å². The number of rotatable bonds is 6. The molecule has 3 aliphatic rings. The molecule has 0 unspecified atom stereocenters. The molecule has 0 amide bonds. The lowest BCUT2D eigenvalue weighted by atomic mass is 9.83. The largest absolute Gasteiger partial charge is 0.387 e. The molecule has 3 rings (SSSR count). The van der Waals surface area contributed by atoms with Gasteiger partial charge in [-0.15, -0.1) is 0 Å². The summed E-state index contributed by atoms with van der Waals surface area (Å²) >= 11 is 0. The highest BCUT2D eigenvalue weighted by atomic mass is 16.3. The van der Waals surface area contributed by atoms with Crippen molar-refractivity contribution in [2.45, 2.75) is 58.0 Å². The molecule has 94 valence electrons. The highest BCUT2D eigenvalue weighted by Crippen LogP contribution is 2.34. The predicted molar refractivity (Wildman–Crippen MR) is 67.2 cm³/mol. The van der Waals surface area contributed by atoms with E-state index in [0.29, 0.717) is 5.92 Å². The summed E-state index contributed by atoms with van der Waals surface area (Å²) in [5.74, 6) is 0.639. The van der Waals surface area contributed by atoms with E-state index >= 15 is 0 Å². The van der Waals surface area contributed by atoms with Crippen molar-refractivity contribution in [3.05, 3.63) is 0 Å². The summed E-state index contributed by atoms with van der Waals surface area (Å²) in [4.78, 5) is 0. The first-order chi connectivity index (χ1) is 7.76. The third kappa shape index (κ3) is 2.78. The molecule has 16 heavy (non-hydrogen) atoms. The molecule has 2 nitrogen and oxygen atoms in total. The lowest BCUT2D eigenvalue weighted by Crippen LogP contribution is -2.63. The van der Waals surface area contributed by atoms with Crippen LogP contribution in [-0.4, -0.2) is 41.9 Å². The van der Waals surface area contributed by atoms with Crippen molar-refractivity contribution in [1.29, 1.82) is 0 Å². The zero-order chi connectivity index (χ0) is 11.4. The summed E-state index contributed by atoms with van der Waals surface area (Å²) in [6.45, 7) is 7.34. The van der Waals surface area contributed by atoms with E-state index in [1.54, 1.807) is 0 Å². The summed E-state index contributed by atoms with van der Waals surface area (Å²) in [5.41, 5.74) is 0. The average molecular weight is 226 g/mol. The van der Waals surface area contributed by atoms with Crippen LogP contribution in [0.5, 0.6) is 0 Å². The van der Waals surface area contributed by atoms with E-state index in [0.717, 1.165) is 6.54 Å². The summed E-state index contributed by atoms with van der Waals surface area (Å²) in [6, 6.07) is 0. The number of unbranched alkanes of at least 4 members (excludes halogenated alkanes) is 4. The van der Waals surface area contributed by atoms with Gasteiger partial charge in [-0.25, -0.2) is 0 Å². The van der Waals surface area contributed by atoms with Crippen molar-refractivity contribution in [3.8, 4) is 0 Å². The summed E-state index contributed by atoms with van der Waals surface area (Å²) < 4.78 is 1.24. The maximum atomic E-state index is 9.99. The summed E-state index contributed by atoms with van der Waals surface area (Å²) in [5, 5.41) is 9.99. The van der Waals surface area contributed by atoms with Crippen LogP contribution in [0, 0.1) is 5.92 Å². The second kappa shape index (κ2) is 5.50. The van der Waals surface area contributed by atoms with E-state index in [4.69, 9.17) is 0 Å². The number of fused-ring (bicyclic) bond motifs is 3. The SMILES string of the molecule is CCCCCCC[N+]12CCC(CC1)[C@@H](O)C2. The van der Waals surface area contributed by atoms with Crippen LogP contribution < -0.4 is 0 Å². The van der Waals surface area contributed by atoms with Gasteiger partial charge < -0.3 is 9.59 Å². The van der Waals surface area contributed by atoms with E-state index < -0.39 is 0 Å². The van der Waals surface area contributed by atoms with Crippen LogP contribution in [0.3, 0.4) is 0 Å². The fraction of sp³-hybridized carbons (Fsp3) is 1.00. The molecule has 0 spiro atoms. The molecule has 0 aromatic carbocycles. The van der Waals surface area contributed by atoms with Gasteiger partial charge in [-0.3, -0.25) is 0 Å². The molecule has 0 aromatic heterocycles. The maximum Gasteiger partial charge on any atom is 0.106 e. The number of piperidine rings is 3. The van der Waals surface area contributed by atoms with Gasteiger partial charge >= 0.3 is 0 Å². The van der Waals surface area contributed by atoms with Crippen molar-refractivity contribution in [2.24, 2.45) is 5.92 Å². The van der Waals surface area contributed by atoms with Crippen molar-refractivity contribution >= 4 is 0 Å². The molecule has 3 heterocycles. The minimum atomic E-state index is 0.0122. The second-order valence-corrected chi connectivity index (χ2v) is 6.01. The Morgan fingerprint density at radius 2 is 1.75 bits per heavy atom. The molecule has 0 aliphatic carbocycles. The number of aliphatic hydroxyl groups excluding tert-OH is 1. The Balaban J connectivity index is 1.71. The minimum absolute atomic E-state index is 0.0122. The molecule has 0 radical (unpaired) electrons. The van der Waals surface area contributed by atoms with Crippen molar-refractivity contribution in [3.63, 3.8) is 0 Å². The van der Waals surface area contributed by atoms with Gasteiger partial charge in [0.15, 0.2) is 0 Å². The van der Waals surface area contributed by atoms with Gasteiger partial charge in [0.2, 0.25) is 0 Å². The fourth-order valence-corrected chi connectivity index (χ4v) is 3.61.